The zero-order valence-corrected chi connectivity index (χ0v) is 20.8. The van der Waals surface area contributed by atoms with Gasteiger partial charge >= 0.3 is 0 Å². The van der Waals surface area contributed by atoms with E-state index in [4.69, 9.17) is 0 Å². The molecular weight excluding hydrogens is 360 g/mol. The van der Waals surface area contributed by atoms with Gasteiger partial charge in [0.2, 0.25) is 0 Å². The predicted octanol–water partition coefficient (Wildman–Crippen LogP) is 8.22. The van der Waals surface area contributed by atoms with Crippen LogP contribution in [0, 0.1) is 0 Å². The summed E-state index contributed by atoms with van der Waals surface area (Å²) >= 11 is 0. The number of unbranched alkanes of at least 4 members (excludes halogenated alkanes) is 1. The Morgan fingerprint density at radius 2 is 0.900 bits per heavy atom. The Labute approximate surface area is 190 Å². The topological polar surface area (TPSA) is 0 Å². The number of hydrogen-bond acceptors (Lipinski definition) is 0. The van der Waals surface area contributed by atoms with Gasteiger partial charge in [0, 0.05) is 0 Å². The first-order chi connectivity index (χ1) is 14.7. The average molecular weight is 412 g/mol. The van der Waals surface area contributed by atoms with Gasteiger partial charge in [0.15, 0.2) is 0 Å². The van der Waals surface area contributed by atoms with Crippen molar-refractivity contribution in [3.05, 3.63) is 0 Å². The van der Waals surface area contributed by atoms with E-state index in [0.29, 0.717) is 0 Å². The van der Waals surface area contributed by atoms with Crippen molar-refractivity contribution in [2.75, 3.05) is 26.7 Å². The highest BCUT2D eigenvalue weighted by Crippen LogP contribution is 2.49. The maximum Gasteiger partial charge on any atom is 0.146 e. The van der Waals surface area contributed by atoms with E-state index < -0.39 is 0 Å². The van der Waals surface area contributed by atoms with Crippen LogP contribution in [0.3, 0.4) is 0 Å². The highest BCUT2D eigenvalue weighted by molar-refractivity contribution is 6.63. The summed E-state index contributed by atoms with van der Waals surface area (Å²) in [5.41, 5.74) is 0. The monoisotopic (exact) mass is 412 g/mol. The van der Waals surface area contributed by atoms with Gasteiger partial charge in [0.25, 0.3) is 0 Å². The van der Waals surface area contributed by atoms with Crippen LogP contribution in [0.15, 0.2) is 0 Å². The number of hydrogen-bond donors (Lipinski definition) is 0. The Bertz CT molecular complexity index is 427. The third-order valence-electron chi connectivity index (χ3n) is 10.5. The smallest absolute Gasteiger partial charge is 0.146 e. The van der Waals surface area contributed by atoms with Crippen LogP contribution in [0.4, 0.5) is 0 Å². The van der Waals surface area contributed by atoms with Crippen LogP contribution in [-0.4, -0.2) is 44.6 Å². The maximum atomic E-state index is 2.62. The molecule has 4 fully saturated rings. The van der Waals surface area contributed by atoms with Crippen molar-refractivity contribution in [2.24, 2.45) is 0 Å². The van der Waals surface area contributed by atoms with Crippen LogP contribution in [0.25, 0.3) is 0 Å². The first-order valence-corrected chi connectivity index (χ1v) is 14.5. The van der Waals surface area contributed by atoms with Crippen LogP contribution in [0.5, 0.6) is 0 Å². The Morgan fingerprint density at radius 3 is 1.23 bits per heavy atom. The summed E-state index contributed by atoms with van der Waals surface area (Å²) in [6.45, 7) is 8.96. The quantitative estimate of drug-likeness (QED) is 0.237. The van der Waals surface area contributed by atoms with Crippen LogP contribution < -0.4 is 0 Å². The first-order valence-electron chi connectivity index (χ1n) is 14.5. The molecule has 170 valence electrons. The normalized spacial score (nSPS) is 33.4. The van der Waals surface area contributed by atoms with Gasteiger partial charge < -0.3 is 4.48 Å². The van der Waals surface area contributed by atoms with Gasteiger partial charge in [-0.1, -0.05) is 126 Å². The third kappa shape index (κ3) is 5.90. The zero-order valence-electron chi connectivity index (χ0n) is 20.8. The molecule has 30 heavy (non-hydrogen) atoms. The molecule has 0 aliphatic carbocycles. The average Bonchev–Trinajstić information content (AvgIpc) is 2.72. The summed E-state index contributed by atoms with van der Waals surface area (Å²) < 4.78 is 1.39. The zero-order chi connectivity index (χ0) is 20.8. The van der Waals surface area contributed by atoms with Gasteiger partial charge in [0.1, 0.15) is 13.4 Å². The summed E-state index contributed by atoms with van der Waals surface area (Å²) in [5, 5.41) is 0. The van der Waals surface area contributed by atoms with E-state index in [9.17, 15) is 0 Å². The molecule has 0 atom stereocenters. The standard InChI is InChI=1S/C27H52B2N/c1-3-4-21-30(2,22-9-19-28-24-11-5-12-25(28)14-6-13-24)23-10-20-29-26-15-7-16-27(29)18-8-17-26/h24-27H,3-23H2,1-2H3/q+1. The summed E-state index contributed by atoms with van der Waals surface area (Å²) in [6, 6.07) is 0. The minimum Gasteiger partial charge on any atom is -0.326 e. The Morgan fingerprint density at radius 1 is 0.567 bits per heavy atom. The number of quaternary nitrogens is 1. The lowest BCUT2D eigenvalue weighted by Crippen LogP contribution is -2.47. The van der Waals surface area contributed by atoms with E-state index in [-0.39, 0.29) is 0 Å². The maximum absolute atomic E-state index is 2.62. The highest BCUT2D eigenvalue weighted by Gasteiger charge is 2.40. The van der Waals surface area contributed by atoms with Gasteiger partial charge in [-0.25, -0.2) is 0 Å². The van der Waals surface area contributed by atoms with Gasteiger partial charge in [-0.05, 0) is 19.3 Å². The van der Waals surface area contributed by atoms with Crippen molar-refractivity contribution >= 4 is 13.4 Å². The second-order valence-electron chi connectivity index (χ2n) is 12.5. The molecule has 4 aliphatic rings. The largest absolute Gasteiger partial charge is 0.326 e. The van der Waals surface area contributed by atoms with Crippen molar-refractivity contribution < 1.29 is 4.48 Å². The molecule has 4 heterocycles. The minimum atomic E-state index is 1.11. The Balaban J connectivity index is 1.24. The molecule has 0 saturated carbocycles. The molecule has 1 nitrogen and oxygen atoms in total. The molecule has 4 saturated heterocycles. The fourth-order valence-corrected chi connectivity index (χ4v) is 8.86. The first kappa shape index (κ1) is 23.3. The summed E-state index contributed by atoms with van der Waals surface area (Å²) in [7, 11) is 2.62. The molecule has 0 N–H and O–H groups in total. The summed E-state index contributed by atoms with van der Waals surface area (Å²) in [5.74, 6) is 4.44. The van der Waals surface area contributed by atoms with Crippen molar-refractivity contribution in [1.29, 1.82) is 0 Å². The lowest BCUT2D eigenvalue weighted by molar-refractivity contribution is -0.909. The van der Waals surface area contributed by atoms with Crippen molar-refractivity contribution in [2.45, 2.75) is 146 Å². The molecule has 0 aromatic heterocycles. The molecule has 0 radical (unpaired) electrons. The molecule has 0 aromatic carbocycles. The van der Waals surface area contributed by atoms with Crippen LogP contribution in [0.2, 0.25) is 35.9 Å². The van der Waals surface area contributed by atoms with E-state index in [2.05, 4.69) is 14.0 Å². The van der Waals surface area contributed by atoms with Gasteiger partial charge in [-0.2, -0.15) is 0 Å². The third-order valence-corrected chi connectivity index (χ3v) is 10.5. The van der Waals surface area contributed by atoms with Crippen molar-refractivity contribution in [3.8, 4) is 0 Å². The Hall–Kier alpha value is 0.0899. The van der Waals surface area contributed by atoms with E-state index >= 15 is 0 Å². The molecule has 0 spiro atoms. The second-order valence-corrected chi connectivity index (χ2v) is 12.5. The lowest BCUT2D eigenvalue weighted by atomic mass is 9.26. The SMILES string of the molecule is CCCC[N+](C)(CCCB1C2CCCC1CCC2)CCCB1C2CCCC1CCC2. The van der Waals surface area contributed by atoms with Gasteiger partial charge in [-0.15, -0.1) is 0 Å². The van der Waals surface area contributed by atoms with E-state index in [1.54, 1.807) is 89.7 Å². The molecule has 0 unspecified atom stereocenters. The molecule has 0 aromatic rings. The number of rotatable bonds is 11. The van der Waals surface area contributed by atoms with E-state index in [1.807, 2.05) is 0 Å². The fraction of sp³-hybridized carbons (Fsp3) is 1.00. The molecule has 3 heteroatoms. The van der Waals surface area contributed by atoms with Crippen LogP contribution in [0.1, 0.15) is 110 Å². The van der Waals surface area contributed by atoms with Crippen molar-refractivity contribution in [1.82, 2.24) is 0 Å². The molecule has 0 amide bonds. The summed E-state index contributed by atoms with van der Waals surface area (Å²) in [4.78, 5) is 0. The van der Waals surface area contributed by atoms with Gasteiger partial charge in [0.05, 0.1) is 26.7 Å². The summed E-state index contributed by atoms with van der Waals surface area (Å²) in [6.07, 6.45) is 27.6. The van der Waals surface area contributed by atoms with Crippen LogP contribution in [-0.2, 0) is 0 Å². The van der Waals surface area contributed by atoms with Crippen LogP contribution >= 0.6 is 0 Å². The van der Waals surface area contributed by atoms with E-state index in [1.165, 1.54) is 49.8 Å². The predicted molar refractivity (Wildman–Crippen MR) is 136 cm³/mol. The fourth-order valence-electron chi connectivity index (χ4n) is 8.86. The van der Waals surface area contributed by atoms with Gasteiger partial charge in [-0.3, -0.25) is 0 Å². The second kappa shape index (κ2) is 11.3. The van der Waals surface area contributed by atoms with E-state index in [0.717, 1.165) is 36.7 Å². The molecule has 4 rings (SSSR count). The minimum absolute atomic E-state index is 1.11. The highest BCUT2D eigenvalue weighted by atomic mass is 15.3. The number of fused-ring (bicyclic) bond motifs is 4. The Kier molecular flexibility index (Phi) is 8.75. The molecular formula is C27H52B2N+. The molecule has 4 aliphatic heterocycles. The molecule has 4 bridgehead atoms. The lowest BCUT2D eigenvalue weighted by Gasteiger charge is -2.42. The van der Waals surface area contributed by atoms with Crippen molar-refractivity contribution in [3.63, 3.8) is 0 Å². The number of nitrogens with zero attached hydrogens (tertiary/aromatic N) is 1.